The van der Waals surface area contributed by atoms with Gasteiger partial charge in [0.05, 0.1) is 34.8 Å². The van der Waals surface area contributed by atoms with E-state index < -0.39 is 5.41 Å². The van der Waals surface area contributed by atoms with Gasteiger partial charge in [0, 0.05) is 35.6 Å². The third kappa shape index (κ3) is 4.92. The van der Waals surface area contributed by atoms with Crippen LogP contribution in [0.15, 0.2) is 53.2 Å². The summed E-state index contributed by atoms with van der Waals surface area (Å²) in [6.45, 7) is 8.12. The molecule has 34 heavy (non-hydrogen) atoms. The third-order valence-corrected chi connectivity index (χ3v) is 5.32. The molecule has 1 atom stereocenters. The first-order valence-corrected chi connectivity index (χ1v) is 10.9. The summed E-state index contributed by atoms with van der Waals surface area (Å²) in [5.74, 6) is 0.676. The molecule has 0 aliphatic rings. The SMILES string of the molecule is Cc1ncc(-c2ccnc(C(C)(C)C#N)c2)nc1-c1nnc(-c2ccc(NCC(C)N)cc2)o1. The topological polar surface area (TPSA) is 139 Å². The molecule has 3 N–H and O–H groups in total. The van der Waals surface area contributed by atoms with E-state index in [4.69, 9.17) is 15.1 Å². The van der Waals surface area contributed by atoms with E-state index >= 15 is 0 Å². The van der Waals surface area contributed by atoms with Crippen LogP contribution in [0.1, 0.15) is 32.2 Å². The highest BCUT2D eigenvalue weighted by Gasteiger charge is 2.22. The standard InChI is InChI=1S/C25H26N8O/c1-15(27)12-30-19-7-5-17(6-8-19)23-32-33-24(34-23)22-16(2)29-13-20(31-22)18-9-10-28-21(11-18)25(3,4)14-26/h5-11,13,15,30H,12,27H2,1-4H3. The number of nitrogens with one attached hydrogen (secondary N) is 1. The first kappa shape index (κ1) is 23.0. The van der Waals surface area contributed by atoms with E-state index in [9.17, 15) is 5.26 Å². The summed E-state index contributed by atoms with van der Waals surface area (Å²) in [4.78, 5) is 13.6. The lowest BCUT2D eigenvalue weighted by molar-refractivity contribution is 0.581. The van der Waals surface area contributed by atoms with Crippen molar-refractivity contribution in [2.24, 2.45) is 5.73 Å². The molecule has 0 spiro atoms. The van der Waals surface area contributed by atoms with Crippen LogP contribution in [0, 0.1) is 18.3 Å². The second-order valence-electron chi connectivity index (χ2n) is 8.70. The fourth-order valence-electron chi connectivity index (χ4n) is 3.23. The zero-order valence-electron chi connectivity index (χ0n) is 19.6. The molecule has 1 aromatic carbocycles. The number of aryl methyl sites for hydroxylation is 1. The van der Waals surface area contributed by atoms with Gasteiger partial charge in [-0.05, 0) is 64.1 Å². The Kier molecular flexibility index (Phi) is 6.34. The van der Waals surface area contributed by atoms with E-state index in [0.717, 1.165) is 16.8 Å². The Morgan fingerprint density at radius 3 is 2.53 bits per heavy atom. The van der Waals surface area contributed by atoms with Crippen molar-refractivity contribution in [1.29, 1.82) is 5.26 Å². The zero-order valence-corrected chi connectivity index (χ0v) is 19.6. The lowest BCUT2D eigenvalue weighted by Gasteiger charge is -2.15. The van der Waals surface area contributed by atoms with Crippen molar-refractivity contribution in [3.8, 4) is 40.4 Å². The van der Waals surface area contributed by atoms with Gasteiger partial charge >= 0.3 is 0 Å². The van der Waals surface area contributed by atoms with Crippen LogP contribution < -0.4 is 11.1 Å². The van der Waals surface area contributed by atoms with E-state index in [2.05, 4.69) is 31.6 Å². The maximum Gasteiger partial charge on any atom is 0.268 e. The van der Waals surface area contributed by atoms with Gasteiger partial charge in [-0.3, -0.25) is 9.97 Å². The van der Waals surface area contributed by atoms with Crippen LogP contribution >= 0.6 is 0 Å². The van der Waals surface area contributed by atoms with Gasteiger partial charge in [0.1, 0.15) is 5.69 Å². The van der Waals surface area contributed by atoms with Gasteiger partial charge in [-0.2, -0.15) is 5.26 Å². The molecule has 0 aliphatic heterocycles. The highest BCUT2D eigenvalue weighted by molar-refractivity contribution is 5.64. The molecule has 1 unspecified atom stereocenters. The van der Waals surface area contributed by atoms with Crippen LogP contribution in [0.2, 0.25) is 0 Å². The highest BCUT2D eigenvalue weighted by Crippen LogP contribution is 2.29. The molecule has 9 heteroatoms. The fourth-order valence-corrected chi connectivity index (χ4v) is 3.23. The first-order valence-electron chi connectivity index (χ1n) is 10.9. The lowest BCUT2D eigenvalue weighted by Crippen LogP contribution is -2.25. The molecule has 0 bridgehead atoms. The average molecular weight is 455 g/mol. The van der Waals surface area contributed by atoms with Crippen molar-refractivity contribution in [3.05, 3.63) is 60.2 Å². The fraction of sp³-hybridized carbons (Fsp3) is 0.280. The summed E-state index contributed by atoms with van der Waals surface area (Å²) in [6.07, 6.45) is 3.35. The second kappa shape index (κ2) is 9.37. The van der Waals surface area contributed by atoms with Gasteiger partial charge in [0.2, 0.25) is 5.89 Å². The van der Waals surface area contributed by atoms with E-state index in [-0.39, 0.29) is 11.9 Å². The van der Waals surface area contributed by atoms with Gasteiger partial charge in [0.25, 0.3) is 5.89 Å². The number of nitriles is 1. The molecule has 0 aliphatic carbocycles. The van der Waals surface area contributed by atoms with Gasteiger partial charge in [-0.25, -0.2) is 4.98 Å². The zero-order chi connectivity index (χ0) is 24.3. The number of nitrogens with zero attached hydrogens (tertiary/aromatic N) is 6. The van der Waals surface area contributed by atoms with Crippen LogP contribution in [0.3, 0.4) is 0 Å². The van der Waals surface area contributed by atoms with Crippen molar-refractivity contribution in [2.45, 2.75) is 39.2 Å². The first-order chi connectivity index (χ1) is 16.3. The maximum absolute atomic E-state index is 9.44. The van der Waals surface area contributed by atoms with E-state index in [1.165, 1.54) is 0 Å². The number of benzene rings is 1. The summed E-state index contributed by atoms with van der Waals surface area (Å²) >= 11 is 0. The normalized spacial score (nSPS) is 12.2. The molecule has 0 amide bonds. The summed E-state index contributed by atoms with van der Waals surface area (Å²) in [6, 6.07) is 13.7. The molecule has 4 rings (SSSR count). The van der Waals surface area contributed by atoms with Crippen molar-refractivity contribution < 1.29 is 4.42 Å². The number of nitrogens with two attached hydrogens (primary N) is 1. The average Bonchev–Trinajstić information content (AvgIpc) is 3.33. The van der Waals surface area contributed by atoms with Crippen molar-refractivity contribution in [1.82, 2.24) is 25.1 Å². The summed E-state index contributed by atoms with van der Waals surface area (Å²) in [5, 5.41) is 21.1. The summed E-state index contributed by atoms with van der Waals surface area (Å²) in [5.41, 5.74) is 10.1. The minimum absolute atomic E-state index is 0.0647. The van der Waals surface area contributed by atoms with Crippen LogP contribution in [-0.4, -0.2) is 37.7 Å². The highest BCUT2D eigenvalue weighted by atomic mass is 16.4. The van der Waals surface area contributed by atoms with Crippen molar-refractivity contribution in [3.63, 3.8) is 0 Å². The van der Waals surface area contributed by atoms with Gasteiger partial charge in [-0.15, -0.1) is 10.2 Å². The Morgan fingerprint density at radius 1 is 1.09 bits per heavy atom. The molecule has 0 fully saturated rings. The van der Waals surface area contributed by atoms with Crippen molar-refractivity contribution >= 4 is 5.69 Å². The Hall–Kier alpha value is -4.16. The largest absolute Gasteiger partial charge is 0.415 e. The molecule has 0 saturated heterocycles. The Balaban J connectivity index is 1.62. The van der Waals surface area contributed by atoms with Crippen LogP contribution in [-0.2, 0) is 5.41 Å². The summed E-state index contributed by atoms with van der Waals surface area (Å²) < 4.78 is 5.94. The number of anilines is 1. The minimum atomic E-state index is -0.716. The Morgan fingerprint density at radius 2 is 1.82 bits per heavy atom. The number of rotatable bonds is 7. The summed E-state index contributed by atoms with van der Waals surface area (Å²) in [7, 11) is 0. The predicted octanol–water partition coefficient (Wildman–Crippen LogP) is 4.12. The number of pyridine rings is 1. The Bertz CT molecular complexity index is 1340. The monoisotopic (exact) mass is 454 g/mol. The van der Waals surface area contributed by atoms with E-state index in [1.807, 2.05) is 64.1 Å². The molecular formula is C25H26N8O. The second-order valence-corrected chi connectivity index (χ2v) is 8.70. The molecule has 9 nitrogen and oxygen atoms in total. The van der Waals surface area contributed by atoms with Crippen LogP contribution in [0.25, 0.3) is 34.3 Å². The molecule has 0 radical (unpaired) electrons. The lowest BCUT2D eigenvalue weighted by atomic mass is 9.90. The van der Waals surface area contributed by atoms with Crippen LogP contribution in [0.4, 0.5) is 5.69 Å². The predicted molar refractivity (Wildman–Crippen MR) is 130 cm³/mol. The minimum Gasteiger partial charge on any atom is -0.415 e. The molecular weight excluding hydrogens is 428 g/mol. The third-order valence-electron chi connectivity index (χ3n) is 5.32. The molecule has 0 saturated carbocycles. The van der Waals surface area contributed by atoms with Crippen LogP contribution in [0.5, 0.6) is 0 Å². The smallest absolute Gasteiger partial charge is 0.268 e. The van der Waals surface area contributed by atoms with E-state index in [1.54, 1.807) is 12.4 Å². The number of hydrogen-bond acceptors (Lipinski definition) is 9. The molecule has 4 aromatic rings. The number of hydrogen-bond donors (Lipinski definition) is 2. The van der Waals surface area contributed by atoms with Gasteiger partial charge < -0.3 is 15.5 Å². The van der Waals surface area contributed by atoms with Gasteiger partial charge in [0.15, 0.2) is 0 Å². The van der Waals surface area contributed by atoms with E-state index in [0.29, 0.717) is 35.2 Å². The molecule has 172 valence electrons. The number of aromatic nitrogens is 5. The molecule has 3 aromatic heterocycles. The molecule has 3 heterocycles. The van der Waals surface area contributed by atoms with Crippen molar-refractivity contribution in [2.75, 3.05) is 11.9 Å². The maximum atomic E-state index is 9.44. The quantitative estimate of drug-likeness (QED) is 0.422. The van der Waals surface area contributed by atoms with Gasteiger partial charge in [-0.1, -0.05) is 0 Å². The Labute approximate surface area is 198 Å².